The highest BCUT2D eigenvalue weighted by molar-refractivity contribution is 4.71. The first-order valence-electron chi connectivity index (χ1n) is 2.17. The van der Waals surface area contributed by atoms with Crippen molar-refractivity contribution in [3.8, 4) is 0 Å². The zero-order chi connectivity index (χ0) is 4.41. The van der Waals surface area contributed by atoms with E-state index in [4.69, 9.17) is 0 Å². The van der Waals surface area contributed by atoms with Crippen LogP contribution in [0.5, 0.6) is 0 Å². The van der Waals surface area contributed by atoms with Gasteiger partial charge in [-0.1, -0.05) is 0 Å². The molecule has 0 atom stereocenters. The fourth-order valence-corrected chi connectivity index (χ4v) is 0.374. The summed E-state index contributed by atoms with van der Waals surface area (Å²) in [6, 6.07) is 0. The fraction of sp³-hybridized carbons (Fsp3) is 1.00. The second-order valence-electron chi connectivity index (χ2n) is 1.72. The minimum atomic E-state index is 0.319. The van der Waals surface area contributed by atoms with Gasteiger partial charge in [0.1, 0.15) is 0 Å². The molecule has 0 N–H and O–H groups in total. The topological polar surface area (TPSA) is 9.23 Å². The third kappa shape index (κ3) is 0.937. The molecule has 0 aromatic carbocycles. The van der Waals surface area contributed by atoms with Gasteiger partial charge >= 0.3 is 0 Å². The summed E-state index contributed by atoms with van der Waals surface area (Å²) in [6.07, 6.45) is 2.31. The lowest BCUT2D eigenvalue weighted by Gasteiger charge is -1.81. The lowest BCUT2D eigenvalue weighted by atomic mass is 10.5. The smallest absolute Gasteiger partial charge is 0.0904 e. The summed E-state index contributed by atoms with van der Waals surface area (Å²) in [5, 5.41) is 0. The van der Waals surface area contributed by atoms with Gasteiger partial charge in [0.25, 0.3) is 0 Å². The molecule has 1 nitrogen and oxygen atoms in total. The monoisotopic (exact) mass is 90.0 g/mol. The standard InChI is InChI=1S/C4H7FO/c5-6-3-4-1-2-4/h4H,1-3H2. The van der Waals surface area contributed by atoms with Crippen molar-refractivity contribution in [1.82, 2.24) is 0 Å². The van der Waals surface area contributed by atoms with E-state index in [0.717, 1.165) is 12.8 Å². The molecule has 1 rings (SSSR count). The molecule has 1 saturated carbocycles. The van der Waals surface area contributed by atoms with Crippen LogP contribution in [0, 0.1) is 5.92 Å². The van der Waals surface area contributed by atoms with E-state index in [0.29, 0.717) is 12.5 Å². The number of rotatable bonds is 2. The van der Waals surface area contributed by atoms with Crippen molar-refractivity contribution in [2.24, 2.45) is 5.92 Å². The van der Waals surface area contributed by atoms with Crippen LogP contribution >= 0.6 is 0 Å². The van der Waals surface area contributed by atoms with E-state index in [1.165, 1.54) is 0 Å². The Bertz CT molecular complexity index is 42.8. The van der Waals surface area contributed by atoms with Gasteiger partial charge in [0, 0.05) is 0 Å². The molecule has 0 bridgehead atoms. The van der Waals surface area contributed by atoms with E-state index in [1.54, 1.807) is 0 Å². The van der Waals surface area contributed by atoms with E-state index in [-0.39, 0.29) is 0 Å². The molecule has 0 spiro atoms. The molecule has 0 aromatic rings. The van der Waals surface area contributed by atoms with E-state index in [1.807, 2.05) is 0 Å². The maximum atomic E-state index is 10.8. The molecule has 0 saturated heterocycles. The third-order valence-corrected chi connectivity index (χ3v) is 0.996. The molecule has 1 aliphatic rings. The van der Waals surface area contributed by atoms with Gasteiger partial charge in [0.2, 0.25) is 0 Å². The van der Waals surface area contributed by atoms with Crippen molar-refractivity contribution >= 4 is 0 Å². The molecule has 1 fully saturated rings. The molecular formula is C4H7FO. The summed E-state index contributed by atoms with van der Waals surface area (Å²) in [5.74, 6) is 0.551. The number of hydrogen-bond acceptors (Lipinski definition) is 1. The van der Waals surface area contributed by atoms with Gasteiger partial charge in [-0.2, -0.15) is 4.94 Å². The number of hydrogen-bond donors (Lipinski definition) is 0. The Balaban J connectivity index is 1.88. The molecule has 36 valence electrons. The molecule has 1 aliphatic carbocycles. The summed E-state index contributed by atoms with van der Waals surface area (Å²) in [7, 11) is 0. The highest BCUT2D eigenvalue weighted by Gasteiger charge is 2.21. The first-order chi connectivity index (χ1) is 2.93. The van der Waals surface area contributed by atoms with Gasteiger partial charge in [0.05, 0.1) is 6.61 Å². The summed E-state index contributed by atoms with van der Waals surface area (Å²) in [5.41, 5.74) is 0. The van der Waals surface area contributed by atoms with Gasteiger partial charge in [-0.15, -0.1) is 0 Å². The van der Waals surface area contributed by atoms with Crippen molar-refractivity contribution in [3.63, 3.8) is 0 Å². The maximum absolute atomic E-state index is 10.8. The van der Waals surface area contributed by atoms with Crippen LogP contribution in [-0.2, 0) is 4.94 Å². The Morgan fingerprint density at radius 3 is 2.50 bits per heavy atom. The summed E-state index contributed by atoms with van der Waals surface area (Å²) < 4.78 is 10.8. The van der Waals surface area contributed by atoms with Crippen LogP contribution in [0.3, 0.4) is 0 Å². The third-order valence-electron chi connectivity index (χ3n) is 0.996. The highest BCUT2D eigenvalue weighted by atomic mass is 19.3. The van der Waals surface area contributed by atoms with E-state index >= 15 is 0 Å². The van der Waals surface area contributed by atoms with Crippen LogP contribution in [0.25, 0.3) is 0 Å². The Hall–Kier alpha value is -0.110. The predicted octanol–water partition coefficient (Wildman–Crippen LogP) is 1.30. The minimum absolute atomic E-state index is 0.319. The second kappa shape index (κ2) is 1.56. The molecule has 2 heteroatoms. The first kappa shape index (κ1) is 4.06. The van der Waals surface area contributed by atoms with Crippen LogP contribution in [0.2, 0.25) is 0 Å². The molecule has 0 radical (unpaired) electrons. The molecule has 0 aromatic heterocycles. The molecular weight excluding hydrogens is 83.0 g/mol. The van der Waals surface area contributed by atoms with E-state index < -0.39 is 0 Å². The van der Waals surface area contributed by atoms with Crippen molar-refractivity contribution in [2.45, 2.75) is 12.8 Å². The van der Waals surface area contributed by atoms with Gasteiger partial charge in [-0.05, 0) is 23.3 Å². The quantitative estimate of drug-likeness (QED) is 0.496. The minimum Gasteiger partial charge on any atom is -0.194 e. The Kier molecular flexibility index (Phi) is 1.05. The molecule has 0 heterocycles. The average molecular weight is 90.1 g/mol. The van der Waals surface area contributed by atoms with Crippen LogP contribution in [0.4, 0.5) is 4.53 Å². The number of halogens is 1. The van der Waals surface area contributed by atoms with Gasteiger partial charge < -0.3 is 0 Å². The van der Waals surface area contributed by atoms with Crippen LogP contribution in [0.1, 0.15) is 12.8 Å². The van der Waals surface area contributed by atoms with Crippen LogP contribution < -0.4 is 0 Å². The zero-order valence-electron chi connectivity index (χ0n) is 3.48. The summed E-state index contributed by atoms with van der Waals surface area (Å²) >= 11 is 0. The second-order valence-corrected chi connectivity index (χ2v) is 1.72. The van der Waals surface area contributed by atoms with E-state index in [9.17, 15) is 4.53 Å². The van der Waals surface area contributed by atoms with Crippen LogP contribution in [0.15, 0.2) is 0 Å². The van der Waals surface area contributed by atoms with Crippen molar-refractivity contribution in [1.29, 1.82) is 0 Å². The summed E-state index contributed by atoms with van der Waals surface area (Å²) in [6.45, 7) is 0.319. The van der Waals surface area contributed by atoms with Gasteiger partial charge in [-0.25, -0.2) is 0 Å². The van der Waals surface area contributed by atoms with E-state index in [2.05, 4.69) is 4.94 Å². The van der Waals surface area contributed by atoms with Crippen LogP contribution in [-0.4, -0.2) is 6.61 Å². The van der Waals surface area contributed by atoms with Crippen molar-refractivity contribution in [2.75, 3.05) is 6.61 Å². The Morgan fingerprint density at radius 1 is 1.67 bits per heavy atom. The normalized spacial score (nSPS) is 21.5. The molecule has 0 unspecified atom stereocenters. The average Bonchev–Trinajstić information content (AvgIpc) is 2.21. The molecule has 0 amide bonds. The SMILES string of the molecule is FOCC1CC1. The Labute approximate surface area is 36.0 Å². The maximum Gasteiger partial charge on any atom is 0.0904 e. The zero-order valence-corrected chi connectivity index (χ0v) is 3.48. The molecule has 6 heavy (non-hydrogen) atoms. The van der Waals surface area contributed by atoms with Crippen molar-refractivity contribution < 1.29 is 9.47 Å². The fourth-order valence-electron chi connectivity index (χ4n) is 0.374. The largest absolute Gasteiger partial charge is 0.194 e. The Morgan fingerprint density at radius 2 is 2.33 bits per heavy atom. The lowest BCUT2D eigenvalue weighted by molar-refractivity contribution is -0.136. The first-order valence-corrected chi connectivity index (χ1v) is 2.17. The molecule has 0 aliphatic heterocycles. The lowest BCUT2D eigenvalue weighted by Crippen LogP contribution is -1.83. The van der Waals surface area contributed by atoms with Crippen molar-refractivity contribution in [3.05, 3.63) is 0 Å². The predicted molar refractivity (Wildman–Crippen MR) is 19.8 cm³/mol. The highest BCUT2D eigenvalue weighted by Crippen LogP contribution is 2.28. The summed E-state index contributed by atoms with van der Waals surface area (Å²) in [4.78, 5) is 3.37. The van der Waals surface area contributed by atoms with Gasteiger partial charge in [0.15, 0.2) is 0 Å². The van der Waals surface area contributed by atoms with Gasteiger partial charge in [-0.3, -0.25) is 0 Å².